The Morgan fingerprint density at radius 2 is 1.62 bits per heavy atom. The van der Waals surface area contributed by atoms with E-state index in [1.165, 1.54) is 4.57 Å². The molecule has 0 aliphatic carbocycles. The number of nitrogens with zero attached hydrogens (tertiary/aromatic N) is 2. The number of anilines is 2. The summed E-state index contributed by atoms with van der Waals surface area (Å²) in [7, 11) is 0. The number of unbranched alkanes of at least 4 members (excludes halogenated alkanes) is 1. The van der Waals surface area contributed by atoms with Gasteiger partial charge < -0.3 is 10.6 Å². The third-order valence-corrected chi connectivity index (χ3v) is 4.22. The molecule has 0 radical (unpaired) electrons. The number of nitrogen functional groups attached to an aromatic ring is 1. The van der Waals surface area contributed by atoms with Gasteiger partial charge in [0.2, 0.25) is 0 Å². The van der Waals surface area contributed by atoms with Crippen molar-refractivity contribution in [3.05, 3.63) is 20.8 Å². The van der Waals surface area contributed by atoms with Crippen molar-refractivity contribution in [2.45, 2.75) is 66.8 Å². The molecule has 138 valence electrons. The number of aromatic nitrogens is 2. The Kier molecular flexibility index (Phi) is 8.08. The van der Waals surface area contributed by atoms with Gasteiger partial charge in [0.25, 0.3) is 5.56 Å². The molecule has 24 heavy (non-hydrogen) atoms. The molecule has 0 aliphatic heterocycles. The van der Waals surface area contributed by atoms with E-state index in [4.69, 9.17) is 5.73 Å². The van der Waals surface area contributed by atoms with Crippen molar-refractivity contribution in [2.24, 2.45) is 11.8 Å². The van der Waals surface area contributed by atoms with Gasteiger partial charge in [0.1, 0.15) is 11.5 Å². The van der Waals surface area contributed by atoms with Crippen LogP contribution in [0.2, 0.25) is 0 Å². The minimum Gasteiger partial charge on any atom is -0.383 e. The van der Waals surface area contributed by atoms with Crippen molar-refractivity contribution >= 4 is 11.5 Å². The van der Waals surface area contributed by atoms with Gasteiger partial charge in [-0.2, -0.15) is 0 Å². The largest absolute Gasteiger partial charge is 0.383 e. The Morgan fingerprint density at radius 1 is 1.08 bits per heavy atom. The normalized spacial score (nSPS) is 11.5. The van der Waals surface area contributed by atoms with Crippen LogP contribution in [0.25, 0.3) is 0 Å². The SMILES string of the molecule is CCCCn1c(N)c(N(CCC(C)C)CCC(C)C)c(=O)[nH]c1=O. The Morgan fingerprint density at radius 3 is 2.08 bits per heavy atom. The van der Waals surface area contributed by atoms with E-state index >= 15 is 0 Å². The summed E-state index contributed by atoms with van der Waals surface area (Å²) >= 11 is 0. The number of H-pyrrole nitrogens is 1. The molecule has 0 spiro atoms. The van der Waals surface area contributed by atoms with Crippen LogP contribution in [0.15, 0.2) is 9.59 Å². The van der Waals surface area contributed by atoms with E-state index in [9.17, 15) is 9.59 Å². The lowest BCUT2D eigenvalue weighted by molar-refractivity contribution is 0.531. The molecule has 3 N–H and O–H groups in total. The first-order valence-electron chi connectivity index (χ1n) is 9.15. The summed E-state index contributed by atoms with van der Waals surface area (Å²) in [5.74, 6) is 1.38. The first-order valence-corrected chi connectivity index (χ1v) is 9.15. The summed E-state index contributed by atoms with van der Waals surface area (Å²) in [6, 6.07) is 0. The second-order valence-electron chi connectivity index (χ2n) is 7.35. The van der Waals surface area contributed by atoms with E-state index in [0.717, 1.165) is 38.8 Å². The lowest BCUT2D eigenvalue weighted by Crippen LogP contribution is -2.39. The Bertz CT molecular complexity index is 604. The van der Waals surface area contributed by atoms with Crippen LogP contribution in [0, 0.1) is 11.8 Å². The standard InChI is InChI=1S/C18H34N4O2/c1-6-7-10-22-16(19)15(17(23)20-18(22)24)21(11-8-13(2)3)12-9-14(4)5/h13-14H,6-12,19H2,1-5H3,(H,20,23,24). The van der Waals surface area contributed by atoms with Gasteiger partial charge in [-0.15, -0.1) is 0 Å². The van der Waals surface area contributed by atoms with Gasteiger partial charge in [0.05, 0.1) is 0 Å². The zero-order chi connectivity index (χ0) is 18.3. The second-order valence-corrected chi connectivity index (χ2v) is 7.35. The maximum Gasteiger partial charge on any atom is 0.330 e. The molecule has 1 aromatic heterocycles. The lowest BCUT2D eigenvalue weighted by Gasteiger charge is -2.27. The Labute approximate surface area is 145 Å². The Balaban J connectivity index is 3.23. The predicted octanol–water partition coefficient (Wildman–Crippen LogP) is 2.82. The van der Waals surface area contributed by atoms with Crippen LogP contribution < -0.4 is 21.9 Å². The van der Waals surface area contributed by atoms with Crippen molar-refractivity contribution in [3.63, 3.8) is 0 Å². The zero-order valence-electron chi connectivity index (χ0n) is 15.9. The smallest absolute Gasteiger partial charge is 0.330 e. The molecule has 6 heteroatoms. The quantitative estimate of drug-likeness (QED) is 0.687. The first kappa shape index (κ1) is 20.3. The molecule has 1 heterocycles. The monoisotopic (exact) mass is 338 g/mol. The molecule has 1 aromatic rings. The zero-order valence-corrected chi connectivity index (χ0v) is 15.9. The van der Waals surface area contributed by atoms with Crippen molar-refractivity contribution in [3.8, 4) is 0 Å². The minimum atomic E-state index is -0.414. The molecule has 0 saturated heterocycles. The number of hydrogen-bond donors (Lipinski definition) is 2. The second kappa shape index (κ2) is 9.55. The fourth-order valence-corrected chi connectivity index (χ4v) is 2.58. The lowest BCUT2D eigenvalue weighted by atomic mass is 10.1. The first-order chi connectivity index (χ1) is 11.3. The molecule has 0 unspecified atom stereocenters. The molecule has 0 saturated carbocycles. The summed E-state index contributed by atoms with van der Waals surface area (Å²) in [5.41, 5.74) is 5.90. The fourth-order valence-electron chi connectivity index (χ4n) is 2.58. The van der Waals surface area contributed by atoms with E-state index in [2.05, 4.69) is 44.5 Å². The predicted molar refractivity (Wildman–Crippen MR) is 102 cm³/mol. The highest BCUT2D eigenvalue weighted by atomic mass is 16.2. The van der Waals surface area contributed by atoms with E-state index < -0.39 is 5.69 Å². The fraction of sp³-hybridized carbons (Fsp3) is 0.778. The van der Waals surface area contributed by atoms with Crippen LogP contribution in [0.1, 0.15) is 60.3 Å². The van der Waals surface area contributed by atoms with E-state index in [1.807, 2.05) is 0 Å². The van der Waals surface area contributed by atoms with Gasteiger partial charge in [0, 0.05) is 19.6 Å². The number of nitrogens with two attached hydrogens (primary N) is 1. The third kappa shape index (κ3) is 5.73. The van der Waals surface area contributed by atoms with Crippen LogP contribution >= 0.6 is 0 Å². The molecular weight excluding hydrogens is 304 g/mol. The number of aromatic amines is 1. The average molecular weight is 338 g/mol. The van der Waals surface area contributed by atoms with Crippen LogP contribution in [0.4, 0.5) is 11.5 Å². The topological polar surface area (TPSA) is 84.1 Å². The van der Waals surface area contributed by atoms with Crippen LogP contribution in [-0.2, 0) is 6.54 Å². The molecule has 0 aliphatic rings. The maximum atomic E-state index is 12.4. The highest BCUT2D eigenvalue weighted by Crippen LogP contribution is 2.19. The van der Waals surface area contributed by atoms with Crippen LogP contribution in [-0.4, -0.2) is 22.6 Å². The molecule has 0 aromatic carbocycles. The van der Waals surface area contributed by atoms with Crippen LogP contribution in [0.3, 0.4) is 0 Å². The summed E-state index contributed by atoms with van der Waals surface area (Å²) < 4.78 is 1.50. The van der Waals surface area contributed by atoms with Gasteiger partial charge in [-0.05, 0) is 31.1 Å². The summed E-state index contributed by atoms with van der Waals surface area (Å²) in [5, 5.41) is 0. The minimum absolute atomic E-state index is 0.296. The molecule has 1 rings (SSSR count). The Hall–Kier alpha value is -1.72. The highest BCUT2D eigenvalue weighted by Gasteiger charge is 2.19. The van der Waals surface area contributed by atoms with E-state index in [1.54, 1.807) is 0 Å². The third-order valence-electron chi connectivity index (χ3n) is 4.22. The molecule has 0 fully saturated rings. The molecule has 0 amide bonds. The summed E-state index contributed by atoms with van der Waals surface area (Å²) in [6.07, 6.45) is 3.77. The summed E-state index contributed by atoms with van der Waals surface area (Å²) in [6.45, 7) is 12.8. The summed E-state index contributed by atoms with van der Waals surface area (Å²) in [4.78, 5) is 29.0. The van der Waals surface area contributed by atoms with Crippen LogP contribution in [0.5, 0.6) is 0 Å². The molecular formula is C18H34N4O2. The van der Waals surface area contributed by atoms with Gasteiger partial charge in [-0.25, -0.2) is 4.79 Å². The van der Waals surface area contributed by atoms with Gasteiger partial charge in [-0.3, -0.25) is 14.3 Å². The van der Waals surface area contributed by atoms with Gasteiger partial charge in [-0.1, -0.05) is 41.0 Å². The van der Waals surface area contributed by atoms with E-state index in [0.29, 0.717) is 29.9 Å². The number of nitrogens with one attached hydrogen (secondary N) is 1. The number of rotatable bonds is 10. The van der Waals surface area contributed by atoms with Crippen molar-refractivity contribution in [1.29, 1.82) is 0 Å². The van der Waals surface area contributed by atoms with Crippen molar-refractivity contribution in [1.82, 2.24) is 9.55 Å². The molecule has 0 bridgehead atoms. The van der Waals surface area contributed by atoms with Gasteiger partial charge in [0.15, 0.2) is 0 Å². The average Bonchev–Trinajstić information content (AvgIpc) is 2.48. The number of hydrogen-bond acceptors (Lipinski definition) is 4. The van der Waals surface area contributed by atoms with Crippen molar-refractivity contribution in [2.75, 3.05) is 23.7 Å². The molecule has 6 nitrogen and oxygen atoms in total. The highest BCUT2D eigenvalue weighted by molar-refractivity contribution is 5.62. The van der Waals surface area contributed by atoms with Gasteiger partial charge >= 0.3 is 5.69 Å². The van der Waals surface area contributed by atoms with Crippen molar-refractivity contribution < 1.29 is 0 Å². The molecule has 0 atom stereocenters. The van der Waals surface area contributed by atoms with E-state index in [-0.39, 0.29) is 5.56 Å². The maximum absolute atomic E-state index is 12.4.